The summed E-state index contributed by atoms with van der Waals surface area (Å²) in [4.78, 5) is 0. The van der Waals surface area contributed by atoms with Crippen molar-refractivity contribution in [1.29, 1.82) is 0 Å². The Hall–Kier alpha value is -7.94. The first-order valence-electron chi connectivity index (χ1n) is 26.9. The lowest BCUT2D eigenvalue weighted by atomic mass is 9.70. The highest BCUT2D eigenvalue weighted by Crippen LogP contribution is 2.65. The van der Waals surface area contributed by atoms with Gasteiger partial charge in [-0.1, -0.05) is 284 Å². The van der Waals surface area contributed by atoms with Crippen LogP contribution >= 0.6 is 47.8 Å². The minimum Gasteiger partial charge on any atom is -0.423 e. The molecule has 0 saturated heterocycles. The van der Waals surface area contributed by atoms with Gasteiger partial charge in [-0.05, 0) is 170 Å². The summed E-state index contributed by atoms with van der Waals surface area (Å²) in [5, 5.41) is 18.4. The summed E-state index contributed by atoms with van der Waals surface area (Å²) in [6.45, 7) is 0. The van der Waals surface area contributed by atoms with Crippen LogP contribution in [0.15, 0.2) is 292 Å². The Bertz CT molecular complexity index is 4250. The van der Waals surface area contributed by atoms with Crippen molar-refractivity contribution in [3.05, 3.63) is 337 Å². The Balaban J connectivity index is 0.000000119. The highest BCUT2D eigenvalue weighted by atomic mass is 79.9. The number of rotatable bonds is 4. The van der Waals surface area contributed by atoms with Crippen LogP contribution in [-0.4, -0.2) is 17.2 Å². The molecule has 2 nitrogen and oxygen atoms in total. The predicted octanol–water partition coefficient (Wildman–Crippen LogP) is 18.7. The molecule has 0 fully saturated rings. The molecule has 2 N–H and O–H groups in total. The quantitative estimate of drug-likeness (QED) is 0.172. The maximum Gasteiger partial charge on any atom is 0.489 e. The Kier molecular flexibility index (Phi) is 12.8. The average molecular weight is 1220 g/mol. The fourth-order valence-electron chi connectivity index (χ4n) is 13.6. The van der Waals surface area contributed by atoms with E-state index in [4.69, 9.17) is 0 Å². The van der Waals surface area contributed by atoms with E-state index in [2.05, 4.69) is 272 Å². The fraction of sp³-hybridized carbons (Fsp3) is 0.0270. The molecule has 0 bridgehead atoms. The van der Waals surface area contributed by atoms with E-state index in [1.807, 2.05) is 42.5 Å². The van der Waals surface area contributed by atoms with Crippen LogP contribution in [0.4, 0.5) is 0 Å². The summed E-state index contributed by atoms with van der Waals surface area (Å²) < 4.78 is 3.35. The van der Waals surface area contributed by atoms with E-state index in [1.165, 1.54) is 111 Å². The van der Waals surface area contributed by atoms with Gasteiger partial charge in [-0.2, -0.15) is 0 Å². The SMILES string of the molecule is Brc1ccc2c(c1)C1(c3ccccc3-c3ccccc31)c1cc(Br)ccc1-2.Brc1ccc2c(c1)C1(c3ccccc3-c3ccccc31)c1ccc(-c3ccccc3-c3ccccc3)cc1-2.OB(O)c1ccccc1-c1ccccc1. The molecule has 0 unspecified atom stereocenters. The molecule has 2 spiro atoms. The van der Waals surface area contributed by atoms with Crippen LogP contribution in [0, 0.1) is 0 Å². The van der Waals surface area contributed by atoms with Gasteiger partial charge in [0.25, 0.3) is 0 Å². The van der Waals surface area contributed by atoms with E-state index in [9.17, 15) is 10.0 Å². The van der Waals surface area contributed by atoms with E-state index in [1.54, 1.807) is 12.1 Å². The number of fused-ring (bicyclic) bond motifs is 20. The van der Waals surface area contributed by atoms with Gasteiger partial charge in [0.15, 0.2) is 0 Å². The zero-order valence-electron chi connectivity index (χ0n) is 43.2. The van der Waals surface area contributed by atoms with Gasteiger partial charge < -0.3 is 10.0 Å². The number of benzene rings is 12. The van der Waals surface area contributed by atoms with Gasteiger partial charge >= 0.3 is 7.12 Å². The van der Waals surface area contributed by atoms with E-state index in [0.29, 0.717) is 5.46 Å². The molecule has 4 aliphatic carbocycles. The molecule has 0 radical (unpaired) electrons. The van der Waals surface area contributed by atoms with Crippen LogP contribution in [0.25, 0.3) is 77.9 Å². The summed E-state index contributed by atoms with van der Waals surface area (Å²) >= 11 is 11.3. The van der Waals surface area contributed by atoms with Crippen molar-refractivity contribution in [2.75, 3.05) is 0 Å². The molecule has 16 rings (SSSR count). The Morgan fingerprint density at radius 1 is 0.225 bits per heavy atom. The van der Waals surface area contributed by atoms with Crippen molar-refractivity contribution < 1.29 is 10.0 Å². The third-order valence-electron chi connectivity index (χ3n) is 16.7. The number of hydrogen-bond acceptors (Lipinski definition) is 2. The van der Waals surface area contributed by atoms with Crippen molar-refractivity contribution >= 4 is 60.4 Å². The summed E-state index contributed by atoms with van der Waals surface area (Å²) in [5.74, 6) is 0. The normalized spacial score (nSPS) is 13.3. The average Bonchev–Trinajstić information content (AvgIpc) is 2.67. The van der Waals surface area contributed by atoms with Crippen molar-refractivity contribution in [3.8, 4) is 77.9 Å². The third-order valence-corrected chi connectivity index (χ3v) is 18.2. The molecular weight excluding hydrogens is 1170 g/mol. The molecule has 0 saturated carbocycles. The summed E-state index contributed by atoms with van der Waals surface area (Å²) in [5.41, 5.74) is 28.4. The first kappa shape index (κ1) is 50.3. The van der Waals surface area contributed by atoms with Crippen LogP contribution in [0.5, 0.6) is 0 Å². The fourth-order valence-corrected chi connectivity index (χ4v) is 14.7. The number of hydrogen-bond donors (Lipinski definition) is 2. The van der Waals surface area contributed by atoms with Gasteiger partial charge in [0.1, 0.15) is 0 Å². The zero-order valence-corrected chi connectivity index (χ0v) is 47.9. The highest BCUT2D eigenvalue weighted by molar-refractivity contribution is 9.11. The van der Waals surface area contributed by atoms with Crippen molar-refractivity contribution in [2.45, 2.75) is 10.8 Å². The Labute approximate surface area is 492 Å². The maximum atomic E-state index is 9.22. The van der Waals surface area contributed by atoms with Crippen LogP contribution in [0.2, 0.25) is 0 Å². The lowest BCUT2D eigenvalue weighted by molar-refractivity contribution is 0.426. The summed E-state index contributed by atoms with van der Waals surface area (Å²) in [7, 11) is -1.43. The van der Waals surface area contributed by atoms with E-state index in [-0.39, 0.29) is 10.8 Å². The van der Waals surface area contributed by atoms with Crippen molar-refractivity contribution in [2.24, 2.45) is 0 Å². The van der Waals surface area contributed by atoms with E-state index < -0.39 is 7.12 Å². The molecule has 0 atom stereocenters. The lowest BCUT2D eigenvalue weighted by Gasteiger charge is -2.30. The largest absolute Gasteiger partial charge is 0.489 e. The third kappa shape index (κ3) is 7.87. The smallest absolute Gasteiger partial charge is 0.423 e. The van der Waals surface area contributed by atoms with Crippen molar-refractivity contribution in [3.63, 3.8) is 0 Å². The Morgan fingerprint density at radius 3 is 0.950 bits per heavy atom. The van der Waals surface area contributed by atoms with Gasteiger partial charge in [0.05, 0.1) is 10.8 Å². The summed E-state index contributed by atoms with van der Waals surface area (Å²) in [6, 6.07) is 99.4. The van der Waals surface area contributed by atoms with E-state index >= 15 is 0 Å². The lowest BCUT2D eigenvalue weighted by Crippen LogP contribution is -2.31. The topological polar surface area (TPSA) is 40.5 Å². The maximum absolute atomic E-state index is 9.22. The first-order valence-corrected chi connectivity index (χ1v) is 29.2. The van der Waals surface area contributed by atoms with Gasteiger partial charge in [0.2, 0.25) is 0 Å². The van der Waals surface area contributed by atoms with Gasteiger partial charge in [-0.15, -0.1) is 0 Å². The molecule has 380 valence electrons. The minimum absolute atomic E-state index is 0.259. The predicted molar refractivity (Wildman–Crippen MR) is 341 cm³/mol. The molecule has 12 aromatic rings. The van der Waals surface area contributed by atoms with Gasteiger partial charge in [0, 0.05) is 13.4 Å². The molecule has 0 aliphatic heterocycles. The second kappa shape index (κ2) is 20.3. The monoisotopic (exact) mass is 1220 g/mol. The van der Waals surface area contributed by atoms with Crippen molar-refractivity contribution in [1.82, 2.24) is 0 Å². The molecule has 4 aliphatic rings. The molecule has 0 aromatic heterocycles. The minimum atomic E-state index is -1.43. The highest BCUT2D eigenvalue weighted by Gasteiger charge is 2.53. The van der Waals surface area contributed by atoms with Crippen LogP contribution < -0.4 is 5.46 Å². The van der Waals surface area contributed by atoms with Crippen LogP contribution in [-0.2, 0) is 10.8 Å². The van der Waals surface area contributed by atoms with Gasteiger partial charge in [-0.3, -0.25) is 0 Å². The van der Waals surface area contributed by atoms with Crippen LogP contribution in [0.1, 0.15) is 44.5 Å². The summed E-state index contributed by atoms with van der Waals surface area (Å²) in [6.07, 6.45) is 0. The zero-order chi connectivity index (χ0) is 54.1. The van der Waals surface area contributed by atoms with Crippen LogP contribution in [0.3, 0.4) is 0 Å². The molecule has 6 heteroatoms. The molecule has 0 amide bonds. The standard InChI is InChI=1S/C37H23Br.C25H14Br2.C12H11BO2/c38-26-19-20-31-32-22-25(28-13-5-4-12-27(28)24-10-2-1-3-11-24)18-21-35(32)37(36(31)23-26)33-16-8-6-14-29(33)30-15-7-9-17-34(30)37;26-15-9-11-19-20-12-10-16(27)14-24(20)25(23(19)13-15)21-7-3-1-5-17(21)18-6-2-4-8-22(18)25;14-13(15)12-9-5-4-8-11(12)10-6-2-1-3-7-10/h1-23H;1-14H;1-9,14-15H. The van der Waals surface area contributed by atoms with Gasteiger partial charge in [-0.25, -0.2) is 0 Å². The Morgan fingerprint density at radius 2 is 0.525 bits per heavy atom. The number of halogens is 3. The first-order chi connectivity index (χ1) is 39.3. The molecule has 12 aromatic carbocycles. The molecule has 80 heavy (non-hydrogen) atoms. The second-order valence-corrected chi connectivity index (χ2v) is 23.5. The molecular formula is C74H48BBr3O2. The second-order valence-electron chi connectivity index (χ2n) is 20.8. The van der Waals surface area contributed by atoms with E-state index in [0.717, 1.165) is 24.5 Å². The molecule has 0 heterocycles.